The number of hydrogen-bond acceptors (Lipinski definition) is 4. The summed E-state index contributed by atoms with van der Waals surface area (Å²) in [7, 11) is 0. The molecule has 0 bridgehead atoms. The lowest BCUT2D eigenvalue weighted by Gasteiger charge is -2.34. The molecule has 1 atom stereocenters. The lowest BCUT2D eigenvalue weighted by atomic mass is 9.86. The Morgan fingerprint density at radius 3 is 2.68 bits per heavy atom. The average molecular weight is 441 g/mol. The topological polar surface area (TPSA) is 60.1 Å². The summed E-state index contributed by atoms with van der Waals surface area (Å²) in [6.07, 6.45) is 4.50. The molecule has 2 N–H and O–H groups in total. The second-order valence-corrected chi connectivity index (χ2v) is 7.67. The summed E-state index contributed by atoms with van der Waals surface area (Å²) in [6.45, 7) is 5.59. The Hall–Kier alpha value is 0.270. The summed E-state index contributed by atoms with van der Waals surface area (Å²) in [5, 5.41) is 0. The first-order valence-corrected chi connectivity index (χ1v) is 9.27. The van der Waals surface area contributed by atoms with E-state index in [0.29, 0.717) is 19.1 Å². The lowest BCUT2D eigenvalue weighted by molar-refractivity contribution is -0.190. The molecule has 3 aliphatic rings. The van der Waals surface area contributed by atoms with E-state index in [4.69, 9.17) is 15.2 Å². The highest BCUT2D eigenvalue weighted by atomic mass is 127. The quantitative estimate of drug-likeness (QED) is 0.405. The van der Waals surface area contributed by atoms with Crippen LogP contribution in [0.2, 0.25) is 0 Å². The van der Waals surface area contributed by atoms with E-state index in [1.165, 1.54) is 12.8 Å². The van der Waals surface area contributed by atoms with Crippen LogP contribution >= 0.6 is 35.7 Å². The fourth-order valence-electron chi connectivity index (χ4n) is 3.26. The van der Waals surface area contributed by atoms with E-state index >= 15 is 0 Å². The number of ether oxygens (including phenoxy) is 2. The van der Waals surface area contributed by atoms with Gasteiger partial charge in [0, 0.05) is 37.4 Å². The Morgan fingerprint density at radius 2 is 2.00 bits per heavy atom. The van der Waals surface area contributed by atoms with Crippen molar-refractivity contribution in [2.75, 3.05) is 37.7 Å². The highest BCUT2D eigenvalue weighted by molar-refractivity contribution is 14.0. The molecule has 2 heterocycles. The molecule has 5 nitrogen and oxygen atoms in total. The third-order valence-electron chi connectivity index (χ3n) is 4.74. The average Bonchev–Trinajstić information content (AvgIpc) is 2.92. The fraction of sp³-hybridized carbons (Fsp3) is 0.933. The summed E-state index contributed by atoms with van der Waals surface area (Å²) in [5.41, 5.74) is 6.08. The molecule has 1 aliphatic carbocycles. The van der Waals surface area contributed by atoms with Crippen LogP contribution in [0.3, 0.4) is 0 Å². The number of rotatable bonds is 2. The molecular weight excluding hydrogens is 413 g/mol. The summed E-state index contributed by atoms with van der Waals surface area (Å²) in [5.74, 6) is 3.43. The first-order valence-electron chi connectivity index (χ1n) is 8.11. The van der Waals surface area contributed by atoms with Crippen molar-refractivity contribution in [3.05, 3.63) is 0 Å². The minimum absolute atomic E-state index is 0. The SMILES string of the molecule is CC1CCC2(CC1)OCC(CN=C(N)N1CCSCC1)O2.I. The Morgan fingerprint density at radius 1 is 1.32 bits per heavy atom. The van der Waals surface area contributed by atoms with E-state index in [1.807, 2.05) is 11.8 Å². The van der Waals surface area contributed by atoms with E-state index < -0.39 is 0 Å². The van der Waals surface area contributed by atoms with Gasteiger partial charge >= 0.3 is 0 Å². The van der Waals surface area contributed by atoms with E-state index in [1.54, 1.807) is 0 Å². The van der Waals surface area contributed by atoms with E-state index in [9.17, 15) is 0 Å². The minimum Gasteiger partial charge on any atom is -0.370 e. The van der Waals surface area contributed by atoms with Crippen LogP contribution in [0.1, 0.15) is 32.6 Å². The first kappa shape index (κ1) is 18.6. The first-order chi connectivity index (χ1) is 10.2. The third-order valence-corrected chi connectivity index (χ3v) is 5.68. The van der Waals surface area contributed by atoms with Gasteiger partial charge < -0.3 is 20.1 Å². The molecule has 0 amide bonds. The molecule has 1 saturated carbocycles. The van der Waals surface area contributed by atoms with E-state index in [0.717, 1.165) is 43.4 Å². The van der Waals surface area contributed by atoms with Crippen LogP contribution < -0.4 is 5.73 Å². The second kappa shape index (κ2) is 8.39. The van der Waals surface area contributed by atoms with Crippen molar-refractivity contribution in [3.63, 3.8) is 0 Å². The van der Waals surface area contributed by atoms with Crippen LogP contribution in [-0.4, -0.2) is 60.5 Å². The summed E-state index contributed by atoms with van der Waals surface area (Å²) in [4.78, 5) is 6.70. The number of hydrogen-bond donors (Lipinski definition) is 1. The van der Waals surface area contributed by atoms with Gasteiger partial charge in [0.2, 0.25) is 0 Å². The number of guanidine groups is 1. The molecule has 3 rings (SSSR count). The van der Waals surface area contributed by atoms with Gasteiger partial charge in [-0.2, -0.15) is 11.8 Å². The van der Waals surface area contributed by atoms with Crippen LogP contribution in [0.15, 0.2) is 4.99 Å². The highest BCUT2D eigenvalue weighted by Crippen LogP contribution is 2.39. The number of thioether (sulfide) groups is 1. The van der Waals surface area contributed by atoms with Crippen LogP contribution in [0.5, 0.6) is 0 Å². The van der Waals surface area contributed by atoms with Crippen molar-refractivity contribution in [1.82, 2.24) is 4.90 Å². The second-order valence-electron chi connectivity index (χ2n) is 6.44. The zero-order chi connectivity index (χ0) is 14.7. The van der Waals surface area contributed by atoms with Gasteiger partial charge in [-0.05, 0) is 18.8 Å². The Kier molecular flexibility index (Phi) is 7.10. The fourth-order valence-corrected chi connectivity index (χ4v) is 4.16. The predicted molar refractivity (Wildman–Crippen MR) is 102 cm³/mol. The van der Waals surface area contributed by atoms with Gasteiger partial charge in [-0.3, -0.25) is 4.99 Å². The van der Waals surface area contributed by atoms with Gasteiger partial charge in [0.05, 0.1) is 13.2 Å². The van der Waals surface area contributed by atoms with E-state index in [-0.39, 0.29) is 35.9 Å². The molecule has 0 radical (unpaired) electrons. The zero-order valence-corrected chi connectivity index (χ0v) is 16.5. The highest BCUT2D eigenvalue weighted by Gasteiger charge is 2.43. The molecule has 128 valence electrons. The standard InChI is InChI=1S/C15H27N3O2S.HI/c1-12-2-4-15(5-3-12)19-11-13(20-15)10-17-14(16)18-6-8-21-9-7-18;/h12-13H,2-11H2,1H3,(H2,16,17);1H. The van der Waals surface area contributed by atoms with Gasteiger partial charge in [0.15, 0.2) is 11.7 Å². The zero-order valence-electron chi connectivity index (χ0n) is 13.3. The monoisotopic (exact) mass is 441 g/mol. The molecule has 2 saturated heterocycles. The van der Waals surface area contributed by atoms with Gasteiger partial charge in [0.25, 0.3) is 0 Å². The Balaban J connectivity index is 0.00000176. The summed E-state index contributed by atoms with van der Waals surface area (Å²) >= 11 is 1.98. The molecule has 1 unspecified atom stereocenters. The van der Waals surface area contributed by atoms with Crippen LogP contribution in [0.4, 0.5) is 0 Å². The maximum absolute atomic E-state index is 6.17. The third kappa shape index (κ3) is 4.64. The molecule has 0 aromatic carbocycles. The molecule has 22 heavy (non-hydrogen) atoms. The molecule has 0 aromatic rings. The molecule has 1 spiro atoms. The van der Waals surface area contributed by atoms with E-state index in [2.05, 4.69) is 16.8 Å². The molecule has 2 aliphatic heterocycles. The molecular formula is C15H28IN3O2S. The smallest absolute Gasteiger partial charge is 0.191 e. The molecule has 7 heteroatoms. The summed E-state index contributed by atoms with van der Waals surface area (Å²) in [6, 6.07) is 0. The Bertz CT molecular complexity index is 383. The van der Waals surface area contributed by atoms with Gasteiger partial charge in [-0.1, -0.05) is 6.92 Å². The van der Waals surface area contributed by atoms with Crippen molar-refractivity contribution in [2.24, 2.45) is 16.6 Å². The molecule has 0 aromatic heterocycles. The maximum Gasteiger partial charge on any atom is 0.191 e. The lowest BCUT2D eigenvalue weighted by Crippen LogP contribution is -2.43. The van der Waals surface area contributed by atoms with Crippen LogP contribution in [0.25, 0.3) is 0 Å². The van der Waals surface area contributed by atoms with Crippen molar-refractivity contribution >= 4 is 41.7 Å². The van der Waals surface area contributed by atoms with Crippen LogP contribution in [0, 0.1) is 5.92 Å². The van der Waals surface area contributed by atoms with Gasteiger partial charge in [-0.25, -0.2) is 0 Å². The number of nitrogens with zero attached hydrogens (tertiary/aromatic N) is 2. The van der Waals surface area contributed by atoms with Gasteiger partial charge in [0.1, 0.15) is 6.10 Å². The van der Waals surface area contributed by atoms with Gasteiger partial charge in [-0.15, -0.1) is 24.0 Å². The normalized spacial score (nSPS) is 36.4. The largest absolute Gasteiger partial charge is 0.370 e. The maximum atomic E-state index is 6.17. The van der Waals surface area contributed by atoms with Crippen molar-refractivity contribution < 1.29 is 9.47 Å². The van der Waals surface area contributed by atoms with Crippen molar-refractivity contribution in [1.29, 1.82) is 0 Å². The Labute approximate surface area is 154 Å². The number of nitrogens with two attached hydrogens (primary N) is 1. The van der Waals surface area contributed by atoms with Crippen molar-refractivity contribution in [2.45, 2.75) is 44.5 Å². The minimum atomic E-state index is -0.316. The number of halogens is 1. The number of aliphatic imine (C=N–C) groups is 1. The molecule has 3 fully saturated rings. The summed E-state index contributed by atoms with van der Waals surface area (Å²) < 4.78 is 12.1. The van der Waals surface area contributed by atoms with Crippen molar-refractivity contribution in [3.8, 4) is 0 Å². The predicted octanol–water partition coefficient (Wildman–Crippen LogP) is 2.29. The van der Waals surface area contributed by atoms with Crippen LogP contribution in [-0.2, 0) is 9.47 Å².